The van der Waals surface area contributed by atoms with Crippen LogP contribution in [-0.2, 0) is 0 Å². The van der Waals surface area contributed by atoms with E-state index in [9.17, 15) is 149 Å². The fraction of sp³-hybridized carbons (Fsp3) is 1.00. The highest BCUT2D eigenvalue weighted by molar-refractivity contribution is 5.16. The van der Waals surface area contributed by atoms with E-state index >= 15 is 0 Å². The molecule has 0 rings (SSSR count). The summed E-state index contributed by atoms with van der Waals surface area (Å²) < 4.78 is 452. The summed E-state index contributed by atoms with van der Waals surface area (Å²) in [5.41, 5.74) is 0. The summed E-state index contributed by atoms with van der Waals surface area (Å²) in [7, 11) is 0. The number of alkyl halides is 34. The monoisotopic (exact) mass is 978 g/mol. The Balaban J connectivity index is 5.53. The molecule has 362 valence electrons. The largest absolute Gasteiger partial charge is 0.460 e. The van der Waals surface area contributed by atoms with Crippen LogP contribution < -0.4 is 0 Å². The van der Waals surface area contributed by atoms with Gasteiger partial charge >= 0.3 is 95.3 Å². The van der Waals surface area contributed by atoms with Gasteiger partial charge < -0.3 is 0 Å². The topological polar surface area (TPSA) is 0 Å². The van der Waals surface area contributed by atoms with Crippen molar-refractivity contribution in [2.45, 2.75) is 159 Å². The van der Waals surface area contributed by atoms with Crippen molar-refractivity contribution in [3.63, 3.8) is 0 Å². The second kappa shape index (κ2) is 16.3. The lowest BCUT2D eigenvalue weighted by molar-refractivity contribution is -0.461. The van der Waals surface area contributed by atoms with E-state index < -0.39 is 159 Å². The van der Waals surface area contributed by atoms with Crippen LogP contribution in [0.4, 0.5) is 149 Å². The second-order valence-electron chi connectivity index (χ2n) is 12.6. The average Bonchev–Trinajstić information content (AvgIpc) is 3.03. The molecule has 0 aromatic heterocycles. The molecule has 0 heterocycles. The van der Waals surface area contributed by atoms with Crippen LogP contribution in [0.25, 0.3) is 0 Å². The van der Waals surface area contributed by atoms with Gasteiger partial charge in [-0.2, -0.15) is 149 Å². The zero-order chi connectivity index (χ0) is 49.1. The quantitative estimate of drug-likeness (QED) is 0.0707. The molecule has 0 fully saturated rings. The van der Waals surface area contributed by atoms with Gasteiger partial charge in [0, 0.05) is 12.8 Å². The van der Waals surface area contributed by atoms with Gasteiger partial charge in [0.15, 0.2) is 0 Å². The molecule has 0 radical (unpaired) electrons. The molecule has 60 heavy (non-hydrogen) atoms. The lowest BCUT2D eigenvalue weighted by Gasteiger charge is -2.42. The van der Waals surface area contributed by atoms with Gasteiger partial charge in [0.05, 0.1) is 0 Å². The highest BCUT2D eigenvalue weighted by atomic mass is 19.4. The van der Waals surface area contributed by atoms with Gasteiger partial charge in [0.25, 0.3) is 0 Å². The van der Waals surface area contributed by atoms with Crippen molar-refractivity contribution < 1.29 is 149 Å². The minimum atomic E-state index is -8.85. The van der Waals surface area contributed by atoms with Crippen LogP contribution in [-0.4, -0.2) is 95.3 Å². The maximum absolute atomic E-state index is 13.9. The van der Waals surface area contributed by atoms with Crippen molar-refractivity contribution in [2.75, 3.05) is 0 Å². The predicted molar refractivity (Wildman–Crippen MR) is 128 cm³/mol. The standard InChI is InChI=1S/C26H20F34/c27-11(28,13(31,32)15(35,36)17(39,40)19(43,44)21(47,48)23(51,52)25(55,56)57)9-7-5-3-1-2-4-6-8-10-12(29,30)14(33,34)16(37,38)18(41,42)20(45,46)22(49,50)24(53,54)26(58,59)60/h1-10H2. The Kier molecular flexibility index (Phi) is 15.7. The highest BCUT2D eigenvalue weighted by Gasteiger charge is 2.96. The Morgan fingerprint density at radius 3 is 0.450 bits per heavy atom. The third-order valence-electron chi connectivity index (χ3n) is 8.31. The molecule has 0 amide bonds. The first-order valence-electron chi connectivity index (χ1n) is 15.1. The van der Waals surface area contributed by atoms with E-state index in [1.165, 1.54) is 0 Å². The molecule has 0 nitrogen and oxygen atoms in total. The summed E-state index contributed by atoms with van der Waals surface area (Å²) >= 11 is 0. The van der Waals surface area contributed by atoms with E-state index in [-0.39, 0.29) is 0 Å². The van der Waals surface area contributed by atoms with Crippen molar-refractivity contribution in [1.82, 2.24) is 0 Å². The summed E-state index contributed by atoms with van der Waals surface area (Å²) in [5, 5.41) is 0. The van der Waals surface area contributed by atoms with Crippen molar-refractivity contribution in [3.05, 3.63) is 0 Å². The number of hydrogen-bond acceptors (Lipinski definition) is 0. The van der Waals surface area contributed by atoms with Crippen LogP contribution in [0.1, 0.15) is 64.2 Å². The van der Waals surface area contributed by atoms with Gasteiger partial charge in [-0.15, -0.1) is 0 Å². The molecular formula is C26H20F34. The summed E-state index contributed by atoms with van der Waals surface area (Å²) in [6.07, 6.45) is -28.9. The zero-order valence-corrected chi connectivity index (χ0v) is 27.9. The van der Waals surface area contributed by atoms with Crippen LogP contribution >= 0.6 is 0 Å². The van der Waals surface area contributed by atoms with E-state index in [1.54, 1.807) is 0 Å². The molecule has 0 aliphatic carbocycles. The third-order valence-corrected chi connectivity index (χ3v) is 8.31. The van der Waals surface area contributed by atoms with Crippen LogP contribution in [0, 0.1) is 0 Å². The number of halogens is 34. The maximum Gasteiger partial charge on any atom is 0.460 e. The van der Waals surface area contributed by atoms with Gasteiger partial charge in [-0.3, -0.25) is 0 Å². The molecule has 0 atom stereocenters. The van der Waals surface area contributed by atoms with Gasteiger partial charge in [-0.1, -0.05) is 38.5 Å². The fourth-order valence-electron chi connectivity index (χ4n) is 4.46. The van der Waals surface area contributed by atoms with E-state index in [1.807, 2.05) is 0 Å². The maximum atomic E-state index is 13.9. The van der Waals surface area contributed by atoms with Gasteiger partial charge in [0.1, 0.15) is 0 Å². The minimum Gasteiger partial charge on any atom is -0.200 e. The SMILES string of the molecule is FC(F)(F)C(F)(F)C(F)(F)C(F)(F)C(F)(F)C(F)(F)C(F)(F)C(F)(F)CCCCCCCCCCC(F)(F)C(F)(F)C(F)(F)C(F)(F)C(F)(F)C(F)(F)C(F)(F)C(F)(F)F. The van der Waals surface area contributed by atoms with E-state index in [2.05, 4.69) is 0 Å². The van der Waals surface area contributed by atoms with Crippen molar-refractivity contribution in [1.29, 1.82) is 0 Å². The lowest BCUT2D eigenvalue weighted by Crippen LogP contribution is -2.74. The summed E-state index contributed by atoms with van der Waals surface area (Å²) in [6.45, 7) is 0. The van der Waals surface area contributed by atoms with E-state index in [0.717, 1.165) is 0 Å². The van der Waals surface area contributed by atoms with Gasteiger partial charge in [0.2, 0.25) is 0 Å². The molecule has 0 aliphatic rings. The number of rotatable bonds is 23. The fourth-order valence-corrected chi connectivity index (χ4v) is 4.46. The normalized spacial score (nSPS) is 16.5. The molecule has 0 bridgehead atoms. The molecule has 0 saturated carbocycles. The van der Waals surface area contributed by atoms with Crippen LogP contribution in [0.2, 0.25) is 0 Å². The predicted octanol–water partition coefficient (Wildman–Crippen LogP) is 14.9. The zero-order valence-electron chi connectivity index (χ0n) is 27.9. The van der Waals surface area contributed by atoms with Crippen LogP contribution in [0.5, 0.6) is 0 Å². The van der Waals surface area contributed by atoms with Crippen molar-refractivity contribution >= 4 is 0 Å². The first-order valence-corrected chi connectivity index (χ1v) is 15.1. The second-order valence-corrected chi connectivity index (χ2v) is 12.6. The summed E-state index contributed by atoms with van der Waals surface area (Å²) in [5.74, 6) is -116. The Labute approximate surface area is 309 Å². The molecule has 0 spiro atoms. The molecule has 0 saturated heterocycles. The van der Waals surface area contributed by atoms with Crippen molar-refractivity contribution in [3.8, 4) is 0 Å². The van der Waals surface area contributed by atoms with Gasteiger partial charge in [-0.05, 0) is 12.8 Å². The van der Waals surface area contributed by atoms with Gasteiger partial charge in [-0.25, -0.2) is 0 Å². The molecule has 0 N–H and O–H groups in total. The van der Waals surface area contributed by atoms with Crippen LogP contribution in [0.3, 0.4) is 0 Å². The number of unbranched alkanes of at least 4 members (excludes halogenated alkanes) is 7. The minimum absolute atomic E-state index is 0.506. The average molecular weight is 978 g/mol. The number of hydrogen-bond donors (Lipinski definition) is 0. The van der Waals surface area contributed by atoms with Crippen LogP contribution in [0.15, 0.2) is 0 Å². The Bertz CT molecular complexity index is 1300. The molecule has 0 aromatic carbocycles. The Hall–Kier alpha value is -2.38. The smallest absolute Gasteiger partial charge is 0.200 e. The first kappa shape index (κ1) is 57.6. The van der Waals surface area contributed by atoms with E-state index in [0.29, 0.717) is 0 Å². The Morgan fingerprint density at radius 1 is 0.150 bits per heavy atom. The van der Waals surface area contributed by atoms with Crippen molar-refractivity contribution in [2.24, 2.45) is 0 Å². The van der Waals surface area contributed by atoms with E-state index in [4.69, 9.17) is 0 Å². The molecular weight excluding hydrogens is 958 g/mol. The lowest BCUT2D eigenvalue weighted by atomic mass is 9.87. The molecule has 0 aliphatic heterocycles. The highest BCUT2D eigenvalue weighted by Crippen LogP contribution is 2.66. The Morgan fingerprint density at radius 2 is 0.283 bits per heavy atom. The summed E-state index contributed by atoms with van der Waals surface area (Å²) in [4.78, 5) is 0. The molecule has 34 heteroatoms. The first-order chi connectivity index (χ1) is 25.7. The third kappa shape index (κ3) is 8.64. The molecule has 0 unspecified atom stereocenters. The summed E-state index contributed by atoms with van der Waals surface area (Å²) in [6, 6.07) is 0. The molecule has 0 aromatic rings.